The van der Waals surface area contributed by atoms with E-state index < -0.39 is 0 Å². The lowest BCUT2D eigenvalue weighted by Gasteiger charge is -1.93. The standard InChI is InChI=1S/C12H7FN2O2/c13-8-1-2-10-7(3-8)4-11(17-10)9-5-14-6-12(16)15-9/h1-6H,(H,15,16). The Balaban J connectivity index is 2.21. The van der Waals surface area contributed by atoms with E-state index in [2.05, 4.69) is 9.97 Å². The smallest absolute Gasteiger partial charge is 0.266 e. The van der Waals surface area contributed by atoms with Crippen LogP contribution in [0.3, 0.4) is 0 Å². The first-order valence-electron chi connectivity index (χ1n) is 4.96. The lowest BCUT2D eigenvalue weighted by atomic mass is 10.2. The summed E-state index contributed by atoms with van der Waals surface area (Å²) in [5.74, 6) is 0.125. The highest BCUT2D eigenvalue weighted by atomic mass is 19.1. The van der Waals surface area contributed by atoms with Crippen LogP contribution in [-0.2, 0) is 0 Å². The molecule has 0 aliphatic rings. The molecule has 3 aromatic rings. The number of fused-ring (bicyclic) bond motifs is 1. The van der Waals surface area contributed by atoms with Crippen molar-refractivity contribution in [1.82, 2.24) is 9.97 Å². The second-order valence-electron chi connectivity index (χ2n) is 3.60. The zero-order valence-corrected chi connectivity index (χ0v) is 8.61. The number of nitrogens with zero attached hydrogens (tertiary/aromatic N) is 1. The quantitative estimate of drug-likeness (QED) is 0.697. The van der Waals surface area contributed by atoms with Gasteiger partial charge < -0.3 is 9.40 Å². The molecule has 1 aromatic carbocycles. The Labute approximate surface area is 94.7 Å². The number of H-pyrrole nitrogens is 1. The predicted octanol–water partition coefficient (Wildman–Crippen LogP) is 2.32. The number of aromatic amines is 1. The first kappa shape index (κ1) is 9.77. The average molecular weight is 230 g/mol. The average Bonchev–Trinajstić information content (AvgIpc) is 2.72. The third kappa shape index (κ3) is 1.71. The van der Waals surface area contributed by atoms with Crippen molar-refractivity contribution in [3.8, 4) is 11.5 Å². The van der Waals surface area contributed by atoms with E-state index >= 15 is 0 Å². The number of halogens is 1. The third-order valence-electron chi connectivity index (χ3n) is 2.40. The van der Waals surface area contributed by atoms with Gasteiger partial charge in [0.2, 0.25) is 0 Å². The Morgan fingerprint density at radius 3 is 2.94 bits per heavy atom. The summed E-state index contributed by atoms with van der Waals surface area (Å²) in [6.07, 6.45) is 2.65. The minimum atomic E-state index is -0.329. The van der Waals surface area contributed by atoms with Crippen molar-refractivity contribution < 1.29 is 8.81 Å². The van der Waals surface area contributed by atoms with Crippen LogP contribution in [0.2, 0.25) is 0 Å². The molecule has 3 rings (SSSR count). The number of furan rings is 1. The van der Waals surface area contributed by atoms with Gasteiger partial charge in [0.1, 0.15) is 17.1 Å². The van der Waals surface area contributed by atoms with Gasteiger partial charge in [0.25, 0.3) is 5.56 Å². The molecular formula is C12H7FN2O2. The lowest BCUT2D eigenvalue weighted by molar-refractivity contribution is 0.617. The van der Waals surface area contributed by atoms with Gasteiger partial charge in [0.05, 0.1) is 12.4 Å². The predicted molar refractivity (Wildman–Crippen MR) is 60.0 cm³/mol. The van der Waals surface area contributed by atoms with Crippen molar-refractivity contribution >= 4 is 11.0 Å². The molecule has 0 fully saturated rings. The molecule has 0 aliphatic heterocycles. The Morgan fingerprint density at radius 2 is 2.12 bits per heavy atom. The maximum absolute atomic E-state index is 13.0. The lowest BCUT2D eigenvalue weighted by Crippen LogP contribution is -2.05. The molecule has 2 heterocycles. The van der Waals surface area contributed by atoms with E-state index in [1.165, 1.54) is 24.5 Å². The molecule has 0 aliphatic carbocycles. The van der Waals surface area contributed by atoms with Gasteiger partial charge in [0.15, 0.2) is 5.76 Å². The van der Waals surface area contributed by atoms with Crippen molar-refractivity contribution in [3.63, 3.8) is 0 Å². The normalized spacial score (nSPS) is 10.9. The molecule has 0 unspecified atom stereocenters. The van der Waals surface area contributed by atoms with Crippen LogP contribution >= 0.6 is 0 Å². The van der Waals surface area contributed by atoms with E-state index in [0.29, 0.717) is 22.4 Å². The van der Waals surface area contributed by atoms with Gasteiger partial charge >= 0.3 is 0 Å². The van der Waals surface area contributed by atoms with Gasteiger partial charge in [-0.25, -0.2) is 4.39 Å². The topological polar surface area (TPSA) is 58.9 Å². The summed E-state index contributed by atoms with van der Waals surface area (Å²) in [6, 6.07) is 5.90. The van der Waals surface area contributed by atoms with E-state index in [9.17, 15) is 9.18 Å². The largest absolute Gasteiger partial charge is 0.454 e. The van der Waals surface area contributed by atoms with Gasteiger partial charge in [-0.1, -0.05) is 0 Å². The molecule has 0 spiro atoms. The minimum absolute atomic E-state index is 0.311. The van der Waals surface area contributed by atoms with Crippen molar-refractivity contribution in [1.29, 1.82) is 0 Å². The molecule has 0 radical (unpaired) electrons. The fourth-order valence-electron chi connectivity index (χ4n) is 1.65. The highest BCUT2D eigenvalue weighted by Crippen LogP contribution is 2.26. The fraction of sp³-hybridized carbons (Fsp3) is 0. The number of hydrogen-bond acceptors (Lipinski definition) is 3. The van der Waals surface area contributed by atoms with Crippen LogP contribution in [0.15, 0.2) is 45.9 Å². The van der Waals surface area contributed by atoms with E-state index in [1.54, 1.807) is 12.1 Å². The molecule has 0 amide bonds. The molecule has 0 bridgehead atoms. The molecule has 84 valence electrons. The molecule has 4 nitrogen and oxygen atoms in total. The summed E-state index contributed by atoms with van der Waals surface area (Å²) >= 11 is 0. The van der Waals surface area contributed by atoms with E-state index in [4.69, 9.17) is 4.42 Å². The van der Waals surface area contributed by atoms with E-state index in [1.807, 2.05) is 0 Å². The Morgan fingerprint density at radius 1 is 1.24 bits per heavy atom. The van der Waals surface area contributed by atoms with Crippen molar-refractivity contribution in [3.05, 3.63) is 52.8 Å². The van der Waals surface area contributed by atoms with Crippen LogP contribution in [0.4, 0.5) is 4.39 Å². The van der Waals surface area contributed by atoms with Gasteiger partial charge in [0, 0.05) is 5.39 Å². The van der Waals surface area contributed by atoms with Gasteiger partial charge in [-0.15, -0.1) is 0 Å². The summed E-state index contributed by atoms with van der Waals surface area (Å²) in [6.45, 7) is 0. The first-order valence-corrected chi connectivity index (χ1v) is 4.96. The fourth-order valence-corrected chi connectivity index (χ4v) is 1.65. The first-order chi connectivity index (χ1) is 8.22. The summed E-state index contributed by atoms with van der Waals surface area (Å²) in [5, 5.41) is 0.643. The molecule has 17 heavy (non-hydrogen) atoms. The van der Waals surface area contributed by atoms with E-state index in [0.717, 1.165) is 0 Å². The molecule has 2 aromatic heterocycles. The number of aromatic nitrogens is 2. The molecular weight excluding hydrogens is 223 g/mol. The van der Waals surface area contributed by atoms with Crippen LogP contribution in [0.25, 0.3) is 22.4 Å². The molecule has 0 atom stereocenters. The highest BCUT2D eigenvalue weighted by molar-refractivity contribution is 5.82. The van der Waals surface area contributed by atoms with E-state index in [-0.39, 0.29) is 11.4 Å². The van der Waals surface area contributed by atoms with Crippen LogP contribution in [0.5, 0.6) is 0 Å². The third-order valence-corrected chi connectivity index (χ3v) is 2.40. The molecule has 0 saturated heterocycles. The second kappa shape index (κ2) is 3.55. The number of hydrogen-bond donors (Lipinski definition) is 1. The van der Waals surface area contributed by atoms with Crippen molar-refractivity contribution in [2.75, 3.05) is 0 Å². The summed E-state index contributed by atoms with van der Waals surface area (Å²) in [7, 11) is 0. The second-order valence-corrected chi connectivity index (χ2v) is 3.60. The summed E-state index contributed by atoms with van der Waals surface area (Å²) in [5.41, 5.74) is 0.717. The molecule has 0 saturated carbocycles. The van der Waals surface area contributed by atoms with Gasteiger partial charge in [-0.3, -0.25) is 9.78 Å². The van der Waals surface area contributed by atoms with Crippen LogP contribution in [-0.4, -0.2) is 9.97 Å². The highest BCUT2D eigenvalue weighted by Gasteiger charge is 2.07. The molecule has 5 heteroatoms. The zero-order chi connectivity index (χ0) is 11.8. The Kier molecular flexibility index (Phi) is 2.04. The Hall–Kier alpha value is -2.43. The molecule has 1 N–H and O–H groups in total. The maximum Gasteiger partial charge on any atom is 0.266 e. The van der Waals surface area contributed by atoms with Gasteiger partial charge in [-0.05, 0) is 24.3 Å². The summed E-state index contributed by atoms with van der Waals surface area (Å²) < 4.78 is 18.5. The zero-order valence-electron chi connectivity index (χ0n) is 8.61. The maximum atomic E-state index is 13.0. The minimum Gasteiger partial charge on any atom is -0.454 e. The van der Waals surface area contributed by atoms with Crippen LogP contribution in [0.1, 0.15) is 0 Å². The van der Waals surface area contributed by atoms with Crippen LogP contribution < -0.4 is 5.56 Å². The van der Waals surface area contributed by atoms with Crippen LogP contribution in [0, 0.1) is 5.82 Å². The monoisotopic (exact) mass is 230 g/mol. The number of nitrogens with one attached hydrogen (secondary N) is 1. The Bertz CT molecular complexity index is 745. The van der Waals surface area contributed by atoms with Gasteiger partial charge in [-0.2, -0.15) is 0 Å². The number of benzene rings is 1. The van der Waals surface area contributed by atoms with Crippen molar-refractivity contribution in [2.24, 2.45) is 0 Å². The summed E-state index contributed by atoms with van der Waals surface area (Å²) in [4.78, 5) is 17.5. The van der Waals surface area contributed by atoms with Crippen molar-refractivity contribution in [2.45, 2.75) is 0 Å². The number of rotatable bonds is 1. The SMILES string of the molecule is O=c1cncc(-c2cc3cc(F)ccc3o2)[nH]1.